The number of piperidine rings is 1. The van der Waals surface area contributed by atoms with Gasteiger partial charge in [-0.15, -0.1) is 0 Å². The monoisotopic (exact) mass is 416 g/mol. The van der Waals surface area contributed by atoms with Gasteiger partial charge in [-0.1, -0.05) is 17.7 Å². The smallest absolute Gasteiger partial charge is 0.227 e. The molecule has 2 amide bonds. The number of aromatic nitrogens is 2. The summed E-state index contributed by atoms with van der Waals surface area (Å²) in [6.07, 6.45) is 3.48. The number of likely N-dealkylation sites (tertiary alicyclic amines) is 1. The van der Waals surface area contributed by atoms with E-state index in [9.17, 15) is 9.59 Å². The number of halogens is 1. The van der Waals surface area contributed by atoms with Crippen LogP contribution in [0.2, 0.25) is 5.02 Å². The Labute approximate surface area is 177 Å². The van der Waals surface area contributed by atoms with E-state index in [1.807, 2.05) is 48.6 Å². The number of amides is 2. The van der Waals surface area contributed by atoms with E-state index in [0.29, 0.717) is 30.3 Å². The quantitative estimate of drug-likeness (QED) is 0.782. The molecule has 1 aromatic heterocycles. The third-order valence-electron chi connectivity index (χ3n) is 5.84. The maximum atomic E-state index is 13.0. The van der Waals surface area contributed by atoms with Gasteiger partial charge >= 0.3 is 0 Å². The second-order valence-electron chi connectivity index (χ2n) is 8.02. The van der Waals surface area contributed by atoms with Gasteiger partial charge in [0.1, 0.15) is 0 Å². The summed E-state index contributed by atoms with van der Waals surface area (Å²) in [6.45, 7) is 7.36. The first-order valence-electron chi connectivity index (χ1n) is 10.1. The van der Waals surface area contributed by atoms with Crippen LogP contribution in [-0.2, 0) is 16.0 Å². The molecule has 1 unspecified atom stereocenters. The standard InChI is InChI=1S/C22H29ClN4O2/c1-14-6-8-18(11-20(14)23)27-16(3)19(15(2)25-27)12-22(29)26-10-4-5-17(13-26)7-9-21(24)28/h6,8,11,17H,4-5,7,9-10,12-13H2,1-3H3,(H2,24,28). The van der Waals surface area contributed by atoms with Crippen LogP contribution in [0.4, 0.5) is 0 Å². The van der Waals surface area contributed by atoms with Gasteiger partial charge in [-0.3, -0.25) is 9.59 Å². The molecule has 1 atom stereocenters. The Bertz CT molecular complexity index is 922. The van der Waals surface area contributed by atoms with Crippen molar-refractivity contribution in [1.29, 1.82) is 0 Å². The summed E-state index contributed by atoms with van der Waals surface area (Å²) in [5, 5.41) is 5.35. The lowest BCUT2D eigenvalue weighted by Crippen LogP contribution is -2.41. The molecule has 7 heteroatoms. The van der Waals surface area contributed by atoms with Crippen LogP contribution in [0.1, 0.15) is 48.2 Å². The minimum Gasteiger partial charge on any atom is -0.370 e. The van der Waals surface area contributed by atoms with Gasteiger partial charge in [0.15, 0.2) is 0 Å². The molecule has 0 bridgehead atoms. The molecule has 2 heterocycles. The number of nitrogens with zero attached hydrogens (tertiary/aromatic N) is 3. The molecular weight excluding hydrogens is 388 g/mol. The molecular formula is C22H29ClN4O2. The van der Waals surface area contributed by atoms with E-state index >= 15 is 0 Å². The van der Waals surface area contributed by atoms with Crippen LogP contribution in [0, 0.1) is 26.7 Å². The number of hydrogen-bond donors (Lipinski definition) is 1. The van der Waals surface area contributed by atoms with Crippen LogP contribution in [0.3, 0.4) is 0 Å². The predicted molar refractivity (Wildman–Crippen MR) is 114 cm³/mol. The molecule has 6 nitrogen and oxygen atoms in total. The summed E-state index contributed by atoms with van der Waals surface area (Å²) in [5.41, 5.74) is 9.96. The first kappa shape index (κ1) is 21.4. The second kappa shape index (κ2) is 8.99. The average Bonchev–Trinajstić information content (AvgIpc) is 2.97. The number of rotatable bonds is 6. The summed E-state index contributed by atoms with van der Waals surface area (Å²) >= 11 is 6.28. The SMILES string of the molecule is Cc1ccc(-n2nc(C)c(CC(=O)N3CCCC(CCC(N)=O)C3)c2C)cc1Cl. The van der Waals surface area contributed by atoms with Crippen molar-refractivity contribution in [3.05, 3.63) is 45.7 Å². The van der Waals surface area contributed by atoms with E-state index in [1.165, 1.54) is 0 Å². The van der Waals surface area contributed by atoms with Gasteiger partial charge in [0.05, 0.1) is 17.8 Å². The Kier molecular flexibility index (Phi) is 6.63. The van der Waals surface area contributed by atoms with Crippen LogP contribution < -0.4 is 5.73 Å². The molecule has 3 rings (SSSR count). The van der Waals surface area contributed by atoms with Gasteiger partial charge in [0, 0.05) is 35.8 Å². The third kappa shape index (κ3) is 4.99. The summed E-state index contributed by atoms with van der Waals surface area (Å²) < 4.78 is 1.86. The number of hydrogen-bond acceptors (Lipinski definition) is 3. The van der Waals surface area contributed by atoms with Crippen LogP contribution in [0.25, 0.3) is 5.69 Å². The van der Waals surface area contributed by atoms with E-state index in [1.54, 1.807) is 0 Å². The molecule has 1 fully saturated rings. The van der Waals surface area contributed by atoms with Crippen LogP contribution in [-0.4, -0.2) is 39.6 Å². The lowest BCUT2D eigenvalue weighted by molar-refractivity contribution is -0.132. The van der Waals surface area contributed by atoms with Crippen LogP contribution >= 0.6 is 11.6 Å². The highest BCUT2D eigenvalue weighted by atomic mass is 35.5. The normalized spacial score (nSPS) is 16.8. The summed E-state index contributed by atoms with van der Waals surface area (Å²) in [7, 11) is 0. The number of benzene rings is 1. The molecule has 0 saturated carbocycles. The Balaban J connectivity index is 1.73. The number of primary amides is 1. The van der Waals surface area contributed by atoms with E-state index in [4.69, 9.17) is 17.3 Å². The van der Waals surface area contributed by atoms with Gasteiger partial charge in [-0.25, -0.2) is 4.68 Å². The highest BCUT2D eigenvalue weighted by Crippen LogP contribution is 2.25. The average molecular weight is 417 g/mol. The fourth-order valence-corrected chi connectivity index (χ4v) is 4.21. The Morgan fingerprint density at radius 1 is 1.28 bits per heavy atom. The van der Waals surface area contributed by atoms with Crippen molar-refractivity contribution in [3.8, 4) is 5.69 Å². The van der Waals surface area contributed by atoms with E-state index < -0.39 is 0 Å². The molecule has 0 radical (unpaired) electrons. The summed E-state index contributed by atoms with van der Waals surface area (Å²) in [5.74, 6) is 0.185. The molecule has 0 spiro atoms. The van der Waals surface area contributed by atoms with E-state index in [2.05, 4.69) is 5.10 Å². The molecule has 1 saturated heterocycles. The number of carbonyl (C=O) groups excluding carboxylic acids is 2. The highest BCUT2D eigenvalue weighted by Gasteiger charge is 2.25. The molecule has 1 aliphatic rings. The lowest BCUT2D eigenvalue weighted by atomic mass is 9.93. The summed E-state index contributed by atoms with van der Waals surface area (Å²) in [4.78, 5) is 26.0. The fourth-order valence-electron chi connectivity index (χ4n) is 4.03. The number of nitrogens with two attached hydrogens (primary N) is 1. The van der Waals surface area contributed by atoms with Gasteiger partial charge in [-0.2, -0.15) is 5.10 Å². The number of carbonyl (C=O) groups is 2. The van der Waals surface area contributed by atoms with Crippen molar-refractivity contribution in [3.63, 3.8) is 0 Å². The Morgan fingerprint density at radius 2 is 2.03 bits per heavy atom. The molecule has 29 heavy (non-hydrogen) atoms. The van der Waals surface area contributed by atoms with Crippen LogP contribution in [0.5, 0.6) is 0 Å². The van der Waals surface area contributed by atoms with Gasteiger partial charge < -0.3 is 10.6 Å². The predicted octanol–water partition coefficient (Wildman–Crippen LogP) is 3.50. The number of aryl methyl sites for hydroxylation is 2. The van der Waals surface area contributed by atoms with E-state index in [0.717, 1.165) is 54.0 Å². The molecule has 2 N–H and O–H groups in total. The maximum absolute atomic E-state index is 13.0. The molecule has 1 aromatic carbocycles. The molecule has 2 aromatic rings. The van der Waals surface area contributed by atoms with Crippen molar-refractivity contribution in [2.45, 2.75) is 52.9 Å². The zero-order valence-corrected chi connectivity index (χ0v) is 18.1. The topological polar surface area (TPSA) is 81.2 Å². The van der Waals surface area contributed by atoms with Crippen molar-refractivity contribution < 1.29 is 9.59 Å². The maximum Gasteiger partial charge on any atom is 0.227 e. The van der Waals surface area contributed by atoms with E-state index in [-0.39, 0.29) is 11.8 Å². The van der Waals surface area contributed by atoms with Crippen molar-refractivity contribution in [2.24, 2.45) is 11.7 Å². The Morgan fingerprint density at radius 3 is 2.72 bits per heavy atom. The first-order valence-corrected chi connectivity index (χ1v) is 10.5. The second-order valence-corrected chi connectivity index (χ2v) is 8.43. The zero-order valence-electron chi connectivity index (χ0n) is 17.4. The Hall–Kier alpha value is -2.34. The van der Waals surface area contributed by atoms with Crippen LogP contribution in [0.15, 0.2) is 18.2 Å². The van der Waals surface area contributed by atoms with Crippen molar-refractivity contribution in [2.75, 3.05) is 13.1 Å². The van der Waals surface area contributed by atoms with Gasteiger partial charge in [0.2, 0.25) is 11.8 Å². The molecule has 156 valence electrons. The molecule has 1 aliphatic heterocycles. The fraction of sp³-hybridized carbons (Fsp3) is 0.500. The molecule has 0 aliphatic carbocycles. The minimum atomic E-state index is -0.275. The largest absolute Gasteiger partial charge is 0.370 e. The van der Waals surface area contributed by atoms with Crippen molar-refractivity contribution >= 4 is 23.4 Å². The zero-order chi connectivity index (χ0) is 21.1. The van der Waals surface area contributed by atoms with Gasteiger partial charge in [-0.05, 0) is 63.6 Å². The van der Waals surface area contributed by atoms with Crippen molar-refractivity contribution in [1.82, 2.24) is 14.7 Å². The lowest BCUT2D eigenvalue weighted by Gasteiger charge is -2.32. The first-order chi connectivity index (χ1) is 13.8. The minimum absolute atomic E-state index is 0.112. The third-order valence-corrected chi connectivity index (χ3v) is 6.25. The van der Waals surface area contributed by atoms with Gasteiger partial charge in [0.25, 0.3) is 0 Å². The highest BCUT2D eigenvalue weighted by molar-refractivity contribution is 6.31. The summed E-state index contributed by atoms with van der Waals surface area (Å²) in [6, 6.07) is 5.86.